The van der Waals surface area contributed by atoms with Crippen molar-refractivity contribution in [2.75, 3.05) is 34.3 Å². The van der Waals surface area contributed by atoms with Crippen LogP contribution in [0.4, 0.5) is 39.8 Å². The molecule has 0 saturated carbocycles. The third-order valence-electron chi connectivity index (χ3n) is 25.8. The summed E-state index contributed by atoms with van der Waals surface area (Å²) < 4.78 is 12.4. The molecular weight excluding hydrogens is 2710 g/mol. The van der Waals surface area contributed by atoms with Crippen molar-refractivity contribution in [3.63, 3.8) is 0 Å². The molecule has 0 amide bonds. The van der Waals surface area contributed by atoms with Gasteiger partial charge in [-0.2, -0.15) is 96.3 Å². The molecule has 0 radical (unpaired) electrons. The van der Waals surface area contributed by atoms with E-state index in [2.05, 4.69) is 342 Å². The second-order valence-electron chi connectivity index (χ2n) is 35.7. The molecule has 0 unspecified atom stereocenters. The Kier molecular flexibility index (Phi) is 30.6. The molecule has 17 nitrogen and oxygen atoms in total. The molecule has 0 N–H and O–H groups in total. The van der Waals surface area contributed by atoms with Gasteiger partial charge in [0, 0.05) is 124 Å². The zero-order chi connectivity index (χ0) is 97.6. The van der Waals surface area contributed by atoms with E-state index in [4.69, 9.17) is 39.3 Å². The summed E-state index contributed by atoms with van der Waals surface area (Å²) in [5.41, 5.74) is 26.8. The first-order valence-corrected chi connectivity index (χ1v) is 51.8. The minimum atomic E-state index is -0.333. The van der Waals surface area contributed by atoms with Crippen LogP contribution in [0.15, 0.2) is 394 Å². The van der Waals surface area contributed by atoms with Gasteiger partial charge in [-0.25, -0.2) is 9.97 Å². The van der Waals surface area contributed by atoms with Gasteiger partial charge in [0.1, 0.15) is 4.83 Å². The zero-order valence-corrected chi connectivity index (χ0v) is 94.1. The van der Waals surface area contributed by atoms with E-state index in [1.807, 2.05) is 208 Å². The largest absolute Gasteiger partial charge is 0.500 e. The van der Waals surface area contributed by atoms with E-state index in [0.717, 1.165) is 168 Å². The molecule has 0 atom stereocenters. The molecule has 27 rings (SSSR count). The molecule has 0 spiro atoms. The molecule has 24 heteroatoms. The van der Waals surface area contributed by atoms with Crippen molar-refractivity contribution < 1.29 is 88.7 Å². The van der Waals surface area contributed by atoms with Crippen molar-refractivity contribution in [3.8, 4) is 78.8 Å². The number of nitrogens with zero attached hydrogens (tertiary/aromatic N) is 16. The minimum absolute atomic E-state index is 0. The minimum Gasteiger partial charge on any atom is -0.500 e. The van der Waals surface area contributed by atoms with Gasteiger partial charge >= 0.3 is 404 Å². The fourth-order valence-corrected chi connectivity index (χ4v) is 24.9. The maximum Gasteiger partial charge on any atom is 0.216 e. The van der Waals surface area contributed by atoms with E-state index >= 15 is 0 Å². The van der Waals surface area contributed by atoms with Gasteiger partial charge in [0.25, 0.3) is 0 Å². The Balaban J connectivity index is 0.000000119. The van der Waals surface area contributed by atoms with Crippen LogP contribution in [-0.4, -0.2) is 73.8 Å². The van der Waals surface area contributed by atoms with Crippen LogP contribution in [0.5, 0.6) is 0 Å². The van der Waals surface area contributed by atoms with Gasteiger partial charge in [0.15, 0.2) is 0 Å². The van der Waals surface area contributed by atoms with Crippen molar-refractivity contribution in [3.05, 3.63) is 493 Å². The second-order valence-corrected chi connectivity index (χ2v) is 40.8. The number of rotatable bonds is 16. The molecule has 0 saturated heterocycles. The van der Waals surface area contributed by atoms with E-state index in [-0.39, 0.29) is 119 Å². The topological polar surface area (TPSA) is 142 Å². The first-order chi connectivity index (χ1) is 71.2. The summed E-state index contributed by atoms with van der Waals surface area (Å²) in [5, 5.41) is 9.41. The first kappa shape index (κ1) is 102. The Morgan fingerprint density at radius 3 is 1.09 bits per heavy atom. The number of para-hydroxylation sites is 7. The van der Waals surface area contributed by atoms with Crippen molar-refractivity contribution in [1.82, 2.24) is 44.8 Å². The Morgan fingerprint density at radius 1 is 0.275 bits per heavy atom. The molecule has 4 aliphatic rings. The number of benzene rings is 11. The van der Waals surface area contributed by atoms with Gasteiger partial charge in [-0.15, -0.1) is 66.7 Å². The Bertz CT molecular complexity index is 8360. The summed E-state index contributed by atoms with van der Waals surface area (Å²) in [6.07, 6.45) is 16.4. The number of pyridine rings is 8. The molecule has 11 aromatic carbocycles. The van der Waals surface area contributed by atoms with Crippen molar-refractivity contribution in [1.29, 1.82) is 0 Å². The van der Waals surface area contributed by atoms with Gasteiger partial charge in [0.05, 0.1) is 17.0 Å². The molecule has 0 fully saturated rings. The number of thiophene rings is 1. The van der Waals surface area contributed by atoms with Crippen LogP contribution in [0, 0.1) is 103 Å². The number of aromatic nitrogens is 8. The summed E-state index contributed by atoms with van der Waals surface area (Å²) in [6, 6.07) is 142. The number of furan rings is 1. The maximum absolute atomic E-state index is 6.21. The van der Waals surface area contributed by atoms with Crippen LogP contribution in [0.3, 0.4) is 0 Å². The standard InChI is InChI=1S/C32H21N4O.C32H21N4S.C32H21N4Se.C29H23N4Se.4Pt/c3*1-22-17-18-25-24-12-7-13-27(31(24)37-32(25)33-22)29-15-8-14-28(34-29)26-11-5-6-16-30(26)36-20-19-35(21-36)23-9-3-2-4-10-23;1-20-15-16-23-22-11-7-12-24(27(22)34-28(23)30-20)25-13-8-14-26(31-25)29(2,3)33-18-17-32(19-33)21-9-5-4-6-10-21;;;;/h3*2-9,11-12,14-21H,1H3;4-9,11,13-19H,1-3H3;;;;/q4*-3;;;;. The fourth-order valence-electron chi connectivity index (χ4n) is 18.5. The summed E-state index contributed by atoms with van der Waals surface area (Å²) in [6.45, 7) is 20.8. The molecule has 12 aromatic heterocycles. The second kappa shape index (κ2) is 44.7. The molecule has 23 aromatic rings. The zero-order valence-electron chi connectivity index (χ0n) is 80.8. The third kappa shape index (κ3) is 20.7. The fraction of sp³-hybridized carbons (Fsp3) is 0.0560. The Morgan fingerprint density at radius 2 is 0.631 bits per heavy atom. The normalized spacial score (nSPS) is 13.0. The Hall–Kier alpha value is -14.2. The molecule has 0 aliphatic carbocycles. The van der Waals surface area contributed by atoms with Gasteiger partial charge < -0.3 is 24.0 Å². The smallest absolute Gasteiger partial charge is 0.216 e. The van der Waals surface area contributed by atoms with E-state index in [1.165, 1.54) is 54.3 Å². The molecule has 149 heavy (non-hydrogen) atoms. The van der Waals surface area contributed by atoms with Gasteiger partial charge in [-0.05, 0) is 103 Å². The molecule has 16 heterocycles. The molecule has 742 valence electrons. The summed E-state index contributed by atoms with van der Waals surface area (Å²) in [4.78, 5) is 57.3. The van der Waals surface area contributed by atoms with Gasteiger partial charge in [-0.3, -0.25) is 9.97 Å². The number of hydrogen-bond acceptors (Lipinski definition) is 18. The number of aryl methyl sites for hydroxylation is 4. The average molecular weight is 2800 g/mol. The van der Waals surface area contributed by atoms with Crippen LogP contribution >= 0.6 is 11.3 Å². The molecule has 4 aliphatic heterocycles. The van der Waals surface area contributed by atoms with E-state index in [0.29, 0.717) is 5.71 Å². The third-order valence-corrected chi connectivity index (χ3v) is 31.7. The average Bonchev–Trinajstić information content (AvgIpc) is 1.63. The van der Waals surface area contributed by atoms with Gasteiger partial charge in [0.2, 0.25) is 5.71 Å². The SMILES string of the molecule is Cc1ccc2c(n1)[se]c1c(-c3cccc(-c4ccccc4N4C=CN(c5[c-]cccc5)[CH-]4)n3)[c-]ccc12.Cc1ccc2c(n1)[se]c1c(-c3cccc(C(C)(C)N4C=CN(c5[c-]cccc5)[CH-]4)n3)[c-]ccc12.Cc1ccc2c(n1)oc1c(-c3cccc(-c4ccccc4N4C=CN(c5[c-]cccc5)[CH-]4)n3)[c-]ccc12.Cc1ccc2c(n1)sc1c(-c3cccc(-c4ccccc4N4C=CN(c5[c-]cccc5)[CH-]4)n3)[c-]ccc12.[Pt].[Pt].[Pt].[Pt]. The van der Waals surface area contributed by atoms with E-state index in [9.17, 15) is 0 Å². The van der Waals surface area contributed by atoms with Crippen LogP contribution in [0.2, 0.25) is 0 Å². The van der Waals surface area contributed by atoms with Crippen LogP contribution in [0.25, 0.3) is 160 Å². The monoisotopic (exact) mass is 2800 g/mol. The summed E-state index contributed by atoms with van der Waals surface area (Å²) in [7, 11) is 0. The van der Waals surface area contributed by atoms with Crippen molar-refractivity contribution >= 4 is 161 Å². The van der Waals surface area contributed by atoms with E-state index < -0.39 is 0 Å². The first-order valence-electron chi connectivity index (χ1n) is 47.5. The number of fused-ring (bicyclic) bond motifs is 12. The van der Waals surface area contributed by atoms with E-state index in [1.54, 1.807) is 11.3 Å². The maximum atomic E-state index is 6.21. The van der Waals surface area contributed by atoms with Gasteiger partial charge in [-0.1, -0.05) is 83.1 Å². The predicted molar refractivity (Wildman–Crippen MR) is 592 cm³/mol. The van der Waals surface area contributed by atoms with Crippen molar-refractivity contribution in [2.24, 2.45) is 0 Å². The summed E-state index contributed by atoms with van der Waals surface area (Å²) >= 11 is 1.99. The van der Waals surface area contributed by atoms with Crippen LogP contribution in [0.1, 0.15) is 42.3 Å². The number of anilines is 7. The number of hydrogen-bond donors (Lipinski definition) is 0. The molecule has 0 bridgehead atoms. The summed E-state index contributed by atoms with van der Waals surface area (Å²) in [5.74, 6) is 0. The quantitative estimate of drug-likeness (QED) is 0.0668. The van der Waals surface area contributed by atoms with Crippen molar-refractivity contribution in [2.45, 2.75) is 47.1 Å². The molecular formula is C125H86N16OPt4SSe2-12. The Labute approximate surface area is 938 Å². The van der Waals surface area contributed by atoms with Crippen LogP contribution < -0.4 is 34.3 Å². The predicted octanol–water partition coefficient (Wildman–Crippen LogP) is 28.6. The van der Waals surface area contributed by atoms with Crippen LogP contribution in [-0.2, 0) is 89.8 Å².